The summed E-state index contributed by atoms with van der Waals surface area (Å²) < 4.78 is 46.6. The molecule has 0 aromatic carbocycles. The van der Waals surface area contributed by atoms with Crippen LogP contribution in [0, 0.1) is 0 Å². The molecular weight excluding hydrogens is 406 g/mol. The molecule has 114 valence electrons. The lowest BCUT2D eigenvalue weighted by Gasteiger charge is -2.22. The zero-order valence-corrected chi connectivity index (χ0v) is 15.5. The minimum Gasteiger partial charge on any atom is -0.267 e. The lowest BCUT2D eigenvalue weighted by Crippen LogP contribution is -2.33. The standard InChI is InChI=1S/C10H14BrNO4S4/c1-10-7(5-20(15,16)8(10)11)17-9(18-10)12-6-2-3-19(13,14)4-6/h6-8H,2-5H2,1H3/t6-,7-,8+,10-/m0/s1. The third-order valence-electron chi connectivity index (χ3n) is 3.84. The number of thioether (sulfide) groups is 2. The molecule has 3 fully saturated rings. The summed E-state index contributed by atoms with van der Waals surface area (Å²) in [5.74, 6) is 0.480. The van der Waals surface area contributed by atoms with Crippen molar-refractivity contribution in [2.45, 2.75) is 33.5 Å². The molecule has 0 spiro atoms. The first kappa shape index (κ1) is 15.6. The van der Waals surface area contributed by atoms with Gasteiger partial charge in [-0.15, -0.1) is 0 Å². The average molecular weight is 420 g/mol. The fourth-order valence-corrected chi connectivity index (χ4v) is 12.0. The number of halogens is 1. The summed E-state index contributed by atoms with van der Waals surface area (Å²) in [6.45, 7) is 1.94. The molecule has 0 radical (unpaired) electrons. The number of nitrogens with zero attached hydrogens (tertiary/aromatic N) is 1. The van der Waals surface area contributed by atoms with Gasteiger partial charge in [-0.25, -0.2) is 16.8 Å². The quantitative estimate of drug-likeness (QED) is 0.595. The van der Waals surface area contributed by atoms with Crippen LogP contribution in [0.2, 0.25) is 0 Å². The smallest absolute Gasteiger partial charge is 0.165 e. The fourth-order valence-electron chi connectivity index (χ4n) is 2.64. The van der Waals surface area contributed by atoms with E-state index >= 15 is 0 Å². The Balaban J connectivity index is 1.79. The predicted molar refractivity (Wildman–Crippen MR) is 88.4 cm³/mol. The molecule has 0 aromatic rings. The van der Waals surface area contributed by atoms with Gasteiger partial charge in [0.15, 0.2) is 19.7 Å². The van der Waals surface area contributed by atoms with E-state index in [-0.39, 0.29) is 28.6 Å². The first-order valence-electron chi connectivity index (χ1n) is 6.12. The molecule has 0 aliphatic carbocycles. The summed E-state index contributed by atoms with van der Waals surface area (Å²) in [6.07, 6.45) is 0.574. The van der Waals surface area contributed by atoms with Crippen molar-refractivity contribution < 1.29 is 16.8 Å². The molecule has 4 atom stereocenters. The number of rotatable bonds is 1. The third-order valence-corrected chi connectivity index (χ3v) is 14.0. The molecular formula is C10H14BrNO4S4. The maximum absolute atomic E-state index is 11.9. The number of fused-ring (bicyclic) bond motifs is 1. The van der Waals surface area contributed by atoms with Gasteiger partial charge < -0.3 is 0 Å². The molecule has 3 aliphatic rings. The van der Waals surface area contributed by atoms with Gasteiger partial charge in [-0.05, 0) is 13.3 Å². The van der Waals surface area contributed by atoms with Gasteiger partial charge in [0.05, 0.1) is 28.0 Å². The van der Waals surface area contributed by atoms with Crippen LogP contribution in [0.4, 0.5) is 0 Å². The average Bonchev–Trinajstić information content (AvgIpc) is 2.84. The minimum absolute atomic E-state index is 0.0152. The highest BCUT2D eigenvalue weighted by Crippen LogP contribution is 2.57. The van der Waals surface area contributed by atoms with Crippen LogP contribution in [0.25, 0.3) is 0 Å². The van der Waals surface area contributed by atoms with Crippen LogP contribution in [0.5, 0.6) is 0 Å². The van der Waals surface area contributed by atoms with Crippen LogP contribution in [-0.4, -0.2) is 58.7 Å². The van der Waals surface area contributed by atoms with Crippen LogP contribution in [-0.2, 0) is 19.7 Å². The molecule has 3 rings (SSSR count). The predicted octanol–water partition coefficient (Wildman–Crippen LogP) is 1.29. The van der Waals surface area contributed by atoms with Gasteiger partial charge in [0, 0.05) is 5.25 Å². The molecule has 0 amide bonds. The first-order chi connectivity index (χ1) is 9.12. The Morgan fingerprint density at radius 2 is 2.00 bits per heavy atom. The number of hydrogen-bond acceptors (Lipinski definition) is 7. The number of alkyl halides is 1. The molecule has 3 heterocycles. The molecule has 3 aliphatic heterocycles. The zero-order chi connectivity index (χ0) is 14.8. The summed E-state index contributed by atoms with van der Waals surface area (Å²) in [5, 5.41) is -0.0152. The SMILES string of the molecule is C[C@]12SC(=N[C@H]3CCS(=O)(=O)C3)S[C@H]1CS(=O)(=O)[C@H]2Br. The van der Waals surface area contributed by atoms with E-state index in [1.807, 2.05) is 6.92 Å². The van der Waals surface area contributed by atoms with Crippen LogP contribution >= 0.6 is 39.5 Å². The van der Waals surface area contributed by atoms with Crippen molar-refractivity contribution in [3.8, 4) is 0 Å². The maximum Gasteiger partial charge on any atom is 0.165 e. The lowest BCUT2D eigenvalue weighted by molar-refractivity contribution is 0.598. The van der Waals surface area contributed by atoms with Crippen molar-refractivity contribution >= 4 is 63.5 Å². The number of hydrogen-bond donors (Lipinski definition) is 0. The second-order valence-electron chi connectivity index (χ2n) is 5.49. The van der Waals surface area contributed by atoms with Gasteiger partial charge in [-0.1, -0.05) is 39.5 Å². The van der Waals surface area contributed by atoms with Crippen molar-refractivity contribution in [1.82, 2.24) is 0 Å². The second kappa shape index (κ2) is 4.87. The van der Waals surface area contributed by atoms with E-state index in [4.69, 9.17) is 0 Å². The highest BCUT2D eigenvalue weighted by Gasteiger charge is 2.60. The highest BCUT2D eigenvalue weighted by atomic mass is 79.9. The van der Waals surface area contributed by atoms with E-state index in [0.29, 0.717) is 6.42 Å². The Morgan fingerprint density at radius 3 is 2.55 bits per heavy atom. The molecule has 0 aromatic heterocycles. The summed E-state index contributed by atoms with van der Waals surface area (Å²) in [4.78, 5) is 4.53. The van der Waals surface area contributed by atoms with E-state index in [2.05, 4.69) is 20.9 Å². The second-order valence-corrected chi connectivity index (χ2v) is 14.3. The Labute approximate surface area is 135 Å². The van der Waals surface area contributed by atoms with E-state index < -0.39 is 28.6 Å². The molecule has 0 bridgehead atoms. The van der Waals surface area contributed by atoms with Crippen LogP contribution in [0.15, 0.2) is 4.99 Å². The zero-order valence-electron chi connectivity index (χ0n) is 10.7. The first-order valence-corrected chi connectivity index (χ1v) is 12.3. The van der Waals surface area contributed by atoms with Crippen molar-refractivity contribution in [2.75, 3.05) is 17.3 Å². The maximum atomic E-state index is 11.9. The molecule has 20 heavy (non-hydrogen) atoms. The third kappa shape index (κ3) is 2.59. The van der Waals surface area contributed by atoms with Gasteiger partial charge in [0.2, 0.25) is 0 Å². The van der Waals surface area contributed by atoms with E-state index in [0.717, 1.165) is 4.38 Å². The van der Waals surface area contributed by atoms with E-state index in [1.165, 1.54) is 23.5 Å². The van der Waals surface area contributed by atoms with Gasteiger partial charge in [0.1, 0.15) is 8.53 Å². The monoisotopic (exact) mass is 419 g/mol. The molecule has 5 nitrogen and oxygen atoms in total. The lowest BCUT2D eigenvalue weighted by atomic mass is 10.1. The summed E-state index contributed by atoms with van der Waals surface area (Å²) in [6, 6.07) is -0.164. The number of sulfone groups is 2. The summed E-state index contributed by atoms with van der Waals surface area (Å²) in [7, 11) is -6.02. The van der Waals surface area contributed by atoms with E-state index in [1.54, 1.807) is 0 Å². The van der Waals surface area contributed by atoms with Crippen LogP contribution in [0.3, 0.4) is 0 Å². The van der Waals surface area contributed by atoms with Crippen molar-refractivity contribution in [1.29, 1.82) is 0 Å². The fraction of sp³-hybridized carbons (Fsp3) is 0.900. The molecule has 3 saturated heterocycles. The normalized spacial score (nSPS) is 47.7. The molecule has 0 N–H and O–H groups in total. The van der Waals surface area contributed by atoms with Crippen molar-refractivity contribution in [2.24, 2.45) is 4.99 Å². The van der Waals surface area contributed by atoms with Crippen molar-refractivity contribution in [3.05, 3.63) is 0 Å². The van der Waals surface area contributed by atoms with Crippen molar-refractivity contribution in [3.63, 3.8) is 0 Å². The van der Waals surface area contributed by atoms with Gasteiger partial charge in [-0.2, -0.15) is 0 Å². The van der Waals surface area contributed by atoms with Gasteiger partial charge in [-0.3, -0.25) is 4.99 Å². The Hall–Kier alpha value is 0.750. The Morgan fingerprint density at radius 1 is 1.30 bits per heavy atom. The van der Waals surface area contributed by atoms with Gasteiger partial charge >= 0.3 is 0 Å². The molecule has 0 saturated carbocycles. The molecule has 0 unspecified atom stereocenters. The minimum atomic E-state index is -3.09. The summed E-state index contributed by atoms with van der Waals surface area (Å²) >= 11 is 6.26. The Bertz CT molecular complexity index is 673. The topological polar surface area (TPSA) is 80.6 Å². The molecule has 10 heteroatoms. The van der Waals surface area contributed by atoms with Gasteiger partial charge in [0.25, 0.3) is 0 Å². The Kier molecular flexibility index (Phi) is 3.81. The highest BCUT2D eigenvalue weighted by molar-refractivity contribution is 9.11. The largest absolute Gasteiger partial charge is 0.267 e. The van der Waals surface area contributed by atoms with Crippen LogP contribution in [0.1, 0.15) is 13.3 Å². The summed E-state index contributed by atoms with van der Waals surface area (Å²) in [5.41, 5.74) is 0. The van der Waals surface area contributed by atoms with Crippen LogP contribution < -0.4 is 0 Å². The number of aliphatic imine (C=N–C) groups is 1. The van der Waals surface area contributed by atoms with E-state index in [9.17, 15) is 16.8 Å².